The van der Waals surface area contributed by atoms with E-state index in [9.17, 15) is 9.59 Å². The standard InChI is InChI=1S/C15H20BrNO3/c1-15(2,3)13(14(19)20)17-12(18)8-7-10-5-4-6-11(16)9-10/h4-6,9,13H,7-8H2,1-3H3,(H,17,18)(H,19,20). The van der Waals surface area contributed by atoms with Crippen molar-refractivity contribution in [3.63, 3.8) is 0 Å². The maximum absolute atomic E-state index is 11.9. The molecule has 5 heteroatoms. The van der Waals surface area contributed by atoms with E-state index in [0.29, 0.717) is 6.42 Å². The summed E-state index contributed by atoms with van der Waals surface area (Å²) >= 11 is 3.38. The van der Waals surface area contributed by atoms with Crippen molar-refractivity contribution in [2.45, 2.75) is 39.7 Å². The van der Waals surface area contributed by atoms with Gasteiger partial charge in [-0.1, -0.05) is 48.8 Å². The largest absolute Gasteiger partial charge is 0.480 e. The van der Waals surface area contributed by atoms with Crippen LogP contribution in [-0.2, 0) is 16.0 Å². The van der Waals surface area contributed by atoms with Crippen molar-refractivity contribution < 1.29 is 14.7 Å². The number of carboxylic acids is 1. The molecule has 4 nitrogen and oxygen atoms in total. The Hall–Kier alpha value is -1.36. The minimum Gasteiger partial charge on any atom is -0.480 e. The Bertz CT molecular complexity index is 494. The summed E-state index contributed by atoms with van der Waals surface area (Å²) in [6.07, 6.45) is 0.859. The maximum atomic E-state index is 11.9. The summed E-state index contributed by atoms with van der Waals surface area (Å²) in [5, 5.41) is 11.7. The number of aliphatic carboxylic acids is 1. The van der Waals surface area contributed by atoms with E-state index in [1.807, 2.05) is 24.3 Å². The van der Waals surface area contributed by atoms with Crippen LogP contribution in [0.25, 0.3) is 0 Å². The first-order chi connectivity index (χ1) is 9.20. The van der Waals surface area contributed by atoms with E-state index >= 15 is 0 Å². The van der Waals surface area contributed by atoms with E-state index in [1.165, 1.54) is 0 Å². The summed E-state index contributed by atoms with van der Waals surface area (Å²) in [6.45, 7) is 5.38. The van der Waals surface area contributed by atoms with Crippen LogP contribution in [0.3, 0.4) is 0 Å². The summed E-state index contributed by atoms with van der Waals surface area (Å²) in [6, 6.07) is 6.84. The molecule has 0 bridgehead atoms. The Labute approximate surface area is 127 Å². The zero-order valence-electron chi connectivity index (χ0n) is 11.9. The fraction of sp³-hybridized carbons (Fsp3) is 0.467. The number of hydrogen-bond donors (Lipinski definition) is 2. The number of hydrogen-bond acceptors (Lipinski definition) is 2. The van der Waals surface area contributed by atoms with Gasteiger partial charge in [0.2, 0.25) is 5.91 Å². The fourth-order valence-electron chi connectivity index (χ4n) is 1.83. The third-order valence-corrected chi connectivity index (χ3v) is 3.44. The normalized spacial score (nSPS) is 12.8. The minimum absolute atomic E-state index is 0.243. The number of amides is 1. The summed E-state index contributed by atoms with van der Waals surface area (Å²) in [5.41, 5.74) is 0.522. The molecule has 0 aromatic heterocycles. The van der Waals surface area contributed by atoms with E-state index in [1.54, 1.807) is 20.8 Å². The van der Waals surface area contributed by atoms with Gasteiger partial charge in [0.25, 0.3) is 0 Å². The Morgan fingerprint density at radius 1 is 1.35 bits per heavy atom. The molecular weight excluding hydrogens is 322 g/mol. The molecule has 0 aliphatic heterocycles. The number of carbonyl (C=O) groups is 2. The topological polar surface area (TPSA) is 66.4 Å². The lowest BCUT2D eigenvalue weighted by molar-refractivity contribution is -0.144. The highest BCUT2D eigenvalue weighted by Crippen LogP contribution is 2.19. The smallest absolute Gasteiger partial charge is 0.326 e. The molecule has 0 aliphatic rings. The van der Waals surface area contributed by atoms with E-state index in [2.05, 4.69) is 21.2 Å². The van der Waals surface area contributed by atoms with Gasteiger partial charge in [-0.05, 0) is 29.5 Å². The van der Waals surface area contributed by atoms with Crippen LogP contribution in [0.1, 0.15) is 32.8 Å². The Balaban J connectivity index is 2.57. The van der Waals surface area contributed by atoms with E-state index < -0.39 is 17.4 Å². The van der Waals surface area contributed by atoms with Gasteiger partial charge in [0.1, 0.15) is 6.04 Å². The monoisotopic (exact) mass is 341 g/mol. The van der Waals surface area contributed by atoms with E-state index in [4.69, 9.17) is 5.11 Å². The molecule has 1 rings (SSSR count). The Morgan fingerprint density at radius 2 is 2.00 bits per heavy atom. The van der Waals surface area contributed by atoms with Gasteiger partial charge in [-0.3, -0.25) is 4.79 Å². The molecule has 0 spiro atoms. The summed E-state index contributed by atoms with van der Waals surface area (Å²) in [4.78, 5) is 23.1. The van der Waals surface area contributed by atoms with Gasteiger partial charge in [0, 0.05) is 10.9 Å². The van der Waals surface area contributed by atoms with Crippen LogP contribution >= 0.6 is 15.9 Å². The molecule has 0 saturated heterocycles. The maximum Gasteiger partial charge on any atom is 0.326 e. The summed E-state index contributed by atoms with van der Waals surface area (Å²) < 4.78 is 0.966. The number of halogens is 1. The first-order valence-corrected chi connectivity index (χ1v) is 7.26. The third kappa shape index (κ3) is 5.33. The number of carboxylic acid groups (broad SMARTS) is 1. The number of nitrogens with one attached hydrogen (secondary N) is 1. The molecule has 0 saturated carbocycles. The molecule has 2 N–H and O–H groups in total. The SMILES string of the molecule is CC(C)(C)C(NC(=O)CCc1cccc(Br)c1)C(=O)O. The van der Waals surface area contributed by atoms with Gasteiger partial charge < -0.3 is 10.4 Å². The highest BCUT2D eigenvalue weighted by molar-refractivity contribution is 9.10. The molecule has 1 amide bonds. The molecule has 20 heavy (non-hydrogen) atoms. The lowest BCUT2D eigenvalue weighted by Gasteiger charge is -2.27. The minimum atomic E-state index is -1.01. The van der Waals surface area contributed by atoms with Gasteiger partial charge in [-0.25, -0.2) is 4.79 Å². The Morgan fingerprint density at radius 3 is 2.50 bits per heavy atom. The molecule has 1 aromatic carbocycles. The van der Waals surface area contributed by atoms with Crippen molar-refractivity contribution in [1.82, 2.24) is 5.32 Å². The van der Waals surface area contributed by atoms with Crippen LogP contribution in [0, 0.1) is 5.41 Å². The van der Waals surface area contributed by atoms with Crippen LogP contribution in [0.2, 0.25) is 0 Å². The molecule has 110 valence electrons. The molecule has 1 aromatic rings. The van der Waals surface area contributed by atoms with Crippen molar-refractivity contribution in [3.05, 3.63) is 34.3 Å². The molecule has 0 heterocycles. The zero-order valence-corrected chi connectivity index (χ0v) is 13.5. The number of carbonyl (C=O) groups excluding carboxylic acids is 1. The van der Waals surface area contributed by atoms with Crippen molar-refractivity contribution in [2.24, 2.45) is 5.41 Å². The van der Waals surface area contributed by atoms with Gasteiger partial charge in [-0.15, -0.1) is 0 Å². The molecule has 1 unspecified atom stereocenters. The van der Waals surface area contributed by atoms with Gasteiger partial charge in [0.15, 0.2) is 0 Å². The van der Waals surface area contributed by atoms with Gasteiger partial charge >= 0.3 is 5.97 Å². The van der Waals surface area contributed by atoms with Crippen LogP contribution < -0.4 is 5.32 Å². The number of rotatable bonds is 5. The average Bonchev–Trinajstić information content (AvgIpc) is 2.31. The second-order valence-electron chi connectivity index (χ2n) is 5.83. The van der Waals surface area contributed by atoms with Gasteiger partial charge in [-0.2, -0.15) is 0 Å². The molecule has 0 fully saturated rings. The first-order valence-electron chi connectivity index (χ1n) is 6.47. The van der Waals surface area contributed by atoms with Crippen LogP contribution in [-0.4, -0.2) is 23.0 Å². The lowest BCUT2D eigenvalue weighted by atomic mass is 9.86. The number of aryl methyl sites for hydroxylation is 1. The second kappa shape index (κ2) is 6.88. The average molecular weight is 342 g/mol. The van der Waals surface area contributed by atoms with Crippen LogP contribution in [0.5, 0.6) is 0 Å². The van der Waals surface area contributed by atoms with Crippen molar-refractivity contribution in [1.29, 1.82) is 0 Å². The molecule has 0 radical (unpaired) electrons. The highest BCUT2D eigenvalue weighted by Gasteiger charge is 2.32. The van der Waals surface area contributed by atoms with Crippen molar-refractivity contribution in [3.8, 4) is 0 Å². The zero-order chi connectivity index (χ0) is 15.3. The summed E-state index contributed by atoms with van der Waals surface area (Å²) in [7, 11) is 0. The summed E-state index contributed by atoms with van der Waals surface area (Å²) in [5.74, 6) is -1.25. The van der Waals surface area contributed by atoms with Crippen LogP contribution in [0.15, 0.2) is 28.7 Å². The quantitative estimate of drug-likeness (QED) is 0.865. The third-order valence-electron chi connectivity index (χ3n) is 2.95. The van der Waals surface area contributed by atoms with Gasteiger partial charge in [0.05, 0.1) is 0 Å². The van der Waals surface area contributed by atoms with E-state index in [0.717, 1.165) is 10.0 Å². The lowest BCUT2D eigenvalue weighted by Crippen LogP contribution is -2.49. The second-order valence-corrected chi connectivity index (χ2v) is 6.75. The Kier molecular flexibility index (Phi) is 5.74. The predicted octanol–water partition coefficient (Wildman–Crippen LogP) is 3.00. The van der Waals surface area contributed by atoms with Crippen LogP contribution in [0.4, 0.5) is 0 Å². The van der Waals surface area contributed by atoms with Crippen molar-refractivity contribution >= 4 is 27.8 Å². The van der Waals surface area contributed by atoms with Crippen molar-refractivity contribution in [2.75, 3.05) is 0 Å². The molecule has 1 atom stereocenters. The predicted molar refractivity (Wildman–Crippen MR) is 81.5 cm³/mol. The fourth-order valence-corrected chi connectivity index (χ4v) is 2.28. The molecule has 0 aliphatic carbocycles. The highest BCUT2D eigenvalue weighted by atomic mass is 79.9. The molecular formula is C15H20BrNO3. The van der Waals surface area contributed by atoms with E-state index in [-0.39, 0.29) is 12.3 Å². The first kappa shape index (κ1) is 16.7. The number of benzene rings is 1.